The van der Waals surface area contributed by atoms with E-state index in [9.17, 15) is 5.26 Å². The zero-order valence-electron chi connectivity index (χ0n) is 9.33. The summed E-state index contributed by atoms with van der Waals surface area (Å²) in [6.45, 7) is 6.30. The molecule has 1 saturated heterocycles. The van der Waals surface area contributed by atoms with Crippen molar-refractivity contribution in [1.29, 1.82) is 5.26 Å². The van der Waals surface area contributed by atoms with Crippen LogP contribution in [0, 0.1) is 11.3 Å². The molecule has 1 aliphatic heterocycles. The molecule has 1 unspecified atom stereocenters. The summed E-state index contributed by atoms with van der Waals surface area (Å²) in [5.74, 6) is 0. The van der Waals surface area contributed by atoms with E-state index >= 15 is 0 Å². The van der Waals surface area contributed by atoms with Crippen molar-refractivity contribution in [3.05, 3.63) is 0 Å². The van der Waals surface area contributed by atoms with Gasteiger partial charge in [0.2, 0.25) is 0 Å². The summed E-state index contributed by atoms with van der Waals surface area (Å²) in [4.78, 5) is 2.31. The average Bonchev–Trinajstić information content (AvgIpc) is 3.03. The maximum Gasteiger partial charge on any atom is 0.116 e. The second-order valence-corrected chi connectivity index (χ2v) is 4.75. The van der Waals surface area contributed by atoms with E-state index in [-0.39, 0.29) is 0 Å². The summed E-state index contributed by atoms with van der Waals surface area (Å²) in [5.41, 5.74) is -0.390. The van der Waals surface area contributed by atoms with Gasteiger partial charge in [0.05, 0.1) is 19.3 Å². The second kappa shape index (κ2) is 4.48. The van der Waals surface area contributed by atoms with Crippen LogP contribution in [0.25, 0.3) is 0 Å². The van der Waals surface area contributed by atoms with Gasteiger partial charge in [0, 0.05) is 25.7 Å². The predicted octanol–water partition coefficient (Wildman–Crippen LogP) is 0.353. The largest absolute Gasteiger partial charge is 0.379 e. The van der Waals surface area contributed by atoms with Crippen LogP contribution in [0.1, 0.15) is 19.8 Å². The van der Waals surface area contributed by atoms with E-state index in [1.165, 1.54) is 12.8 Å². The Morgan fingerprint density at radius 2 is 2.13 bits per heavy atom. The summed E-state index contributed by atoms with van der Waals surface area (Å²) in [6.07, 6.45) is 2.45. The van der Waals surface area contributed by atoms with Crippen LogP contribution in [0.2, 0.25) is 0 Å². The zero-order valence-corrected chi connectivity index (χ0v) is 9.33. The third-order valence-electron chi connectivity index (χ3n) is 2.99. The summed E-state index contributed by atoms with van der Waals surface area (Å²) < 4.78 is 5.30. The molecular formula is C11H19N3O. The third kappa shape index (κ3) is 3.16. The Balaban J connectivity index is 1.85. The van der Waals surface area contributed by atoms with E-state index in [1.807, 2.05) is 6.92 Å². The SMILES string of the molecule is CC(C#N)(CN1CCOCC1)NC1CC1. The highest BCUT2D eigenvalue weighted by Crippen LogP contribution is 2.22. The molecule has 4 heteroatoms. The molecule has 2 fully saturated rings. The fourth-order valence-corrected chi connectivity index (χ4v) is 2.00. The smallest absolute Gasteiger partial charge is 0.116 e. The Hall–Kier alpha value is -0.630. The van der Waals surface area contributed by atoms with Crippen LogP contribution in [0.15, 0.2) is 0 Å². The highest BCUT2D eigenvalue weighted by atomic mass is 16.5. The molecule has 1 N–H and O–H groups in total. The van der Waals surface area contributed by atoms with E-state index in [0.717, 1.165) is 32.8 Å². The molecule has 84 valence electrons. The van der Waals surface area contributed by atoms with Crippen LogP contribution in [-0.2, 0) is 4.74 Å². The van der Waals surface area contributed by atoms with Crippen molar-refractivity contribution >= 4 is 0 Å². The standard InChI is InChI=1S/C11H19N3O/c1-11(8-12,13-10-2-3-10)9-14-4-6-15-7-5-14/h10,13H,2-7,9H2,1H3. The molecule has 1 aliphatic carbocycles. The van der Waals surface area contributed by atoms with Crippen molar-refractivity contribution < 1.29 is 4.74 Å². The van der Waals surface area contributed by atoms with Crippen LogP contribution in [0.5, 0.6) is 0 Å². The van der Waals surface area contributed by atoms with Gasteiger partial charge in [-0.25, -0.2) is 0 Å². The van der Waals surface area contributed by atoms with Gasteiger partial charge in [-0.2, -0.15) is 5.26 Å². The van der Waals surface area contributed by atoms with E-state index < -0.39 is 5.54 Å². The number of hydrogen-bond donors (Lipinski definition) is 1. The minimum Gasteiger partial charge on any atom is -0.379 e. The van der Waals surface area contributed by atoms with Crippen LogP contribution in [0.4, 0.5) is 0 Å². The van der Waals surface area contributed by atoms with Gasteiger partial charge < -0.3 is 4.74 Å². The van der Waals surface area contributed by atoms with Crippen molar-refractivity contribution in [3.63, 3.8) is 0 Å². The lowest BCUT2D eigenvalue weighted by molar-refractivity contribution is 0.0299. The fourth-order valence-electron chi connectivity index (χ4n) is 2.00. The Kier molecular flexibility index (Phi) is 3.25. The minimum atomic E-state index is -0.390. The molecule has 0 aromatic rings. The Morgan fingerprint density at radius 1 is 1.47 bits per heavy atom. The van der Waals surface area contributed by atoms with Gasteiger partial charge in [0.25, 0.3) is 0 Å². The summed E-state index contributed by atoms with van der Waals surface area (Å²) in [7, 11) is 0. The van der Waals surface area contributed by atoms with Gasteiger partial charge >= 0.3 is 0 Å². The van der Waals surface area contributed by atoms with Crippen molar-refractivity contribution in [2.45, 2.75) is 31.3 Å². The van der Waals surface area contributed by atoms with E-state index in [1.54, 1.807) is 0 Å². The second-order valence-electron chi connectivity index (χ2n) is 4.75. The van der Waals surface area contributed by atoms with Gasteiger partial charge in [-0.1, -0.05) is 0 Å². The van der Waals surface area contributed by atoms with Crippen LogP contribution in [0.3, 0.4) is 0 Å². The van der Waals surface area contributed by atoms with Crippen molar-refractivity contribution in [2.75, 3.05) is 32.8 Å². The molecule has 15 heavy (non-hydrogen) atoms. The first-order valence-electron chi connectivity index (χ1n) is 5.71. The van der Waals surface area contributed by atoms with Crippen molar-refractivity contribution in [3.8, 4) is 6.07 Å². The van der Waals surface area contributed by atoms with Gasteiger partial charge in [-0.05, 0) is 19.8 Å². The summed E-state index contributed by atoms with van der Waals surface area (Å²) in [6, 6.07) is 2.98. The number of nitriles is 1. The molecule has 0 radical (unpaired) electrons. The minimum absolute atomic E-state index is 0.390. The zero-order chi connectivity index (χ0) is 10.7. The lowest BCUT2D eigenvalue weighted by atomic mass is 10.0. The number of hydrogen-bond acceptors (Lipinski definition) is 4. The molecule has 0 aromatic carbocycles. The maximum atomic E-state index is 9.22. The molecule has 0 bridgehead atoms. The normalized spacial score (nSPS) is 26.9. The first-order chi connectivity index (χ1) is 7.22. The summed E-state index contributed by atoms with van der Waals surface area (Å²) >= 11 is 0. The first-order valence-corrected chi connectivity index (χ1v) is 5.71. The molecule has 0 amide bonds. The van der Waals surface area contributed by atoms with Crippen LogP contribution >= 0.6 is 0 Å². The number of ether oxygens (including phenoxy) is 1. The molecule has 4 nitrogen and oxygen atoms in total. The molecule has 0 spiro atoms. The fraction of sp³-hybridized carbons (Fsp3) is 0.909. The topological polar surface area (TPSA) is 48.3 Å². The van der Waals surface area contributed by atoms with E-state index in [0.29, 0.717) is 6.04 Å². The van der Waals surface area contributed by atoms with E-state index in [4.69, 9.17) is 4.74 Å². The van der Waals surface area contributed by atoms with Crippen LogP contribution < -0.4 is 5.32 Å². The first kappa shape index (κ1) is 10.9. The van der Waals surface area contributed by atoms with Gasteiger partial charge in [0.1, 0.15) is 5.54 Å². The van der Waals surface area contributed by atoms with Crippen molar-refractivity contribution in [1.82, 2.24) is 10.2 Å². The molecule has 1 saturated carbocycles. The Labute approximate surface area is 91.2 Å². The lowest BCUT2D eigenvalue weighted by Gasteiger charge is -2.33. The number of nitrogens with zero attached hydrogens (tertiary/aromatic N) is 2. The molecule has 2 rings (SSSR count). The van der Waals surface area contributed by atoms with E-state index in [2.05, 4.69) is 16.3 Å². The monoisotopic (exact) mass is 209 g/mol. The maximum absolute atomic E-state index is 9.22. The third-order valence-corrected chi connectivity index (χ3v) is 2.99. The van der Waals surface area contributed by atoms with Crippen molar-refractivity contribution in [2.24, 2.45) is 0 Å². The quantitative estimate of drug-likeness (QED) is 0.726. The highest BCUT2D eigenvalue weighted by Gasteiger charge is 2.34. The average molecular weight is 209 g/mol. The molecule has 1 atom stereocenters. The molecule has 2 aliphatic rings. The number of nitrogens with one attached hydrogen (secondary N) is 1. The Morgan fingerprint density at radius 3 is 2.67 bits per heavy atom. The van der Waals surface area contributed by atoms with Crippen LogP contribution in [-0.4, -0.2) is 49.3 Å². The molecule has 0 aromatic heterocycles. The Bertz CT molecular complexity index is 253. The number of morpholine rings is 1. The van der Waals surface area contributed by atoms with Gasteiger partial charge in [-0.15, -0.1) is 0 Å². The lowest BCUT2D eigenvalue weighted by Crippen LogP contribution is -2.53. The van der Waals surface area contributed by atoms with Gasteiger partial charge in [-0.3, -0.25) is 10.2 Å². The van der Waals surface area contributed by atoms with Gasteiger partial charge in [0.15, 0.2) is 0 Å². The molecule has 1 heterocycles. The number of rotatable bonds is 4. The predicted molar refractivity (Wildman–Crippen MR) is 57.4 cm³/mol. The summed E-state index contributed by atoms with van der Waals surface area (Å²) in [5, 5.41) is 12.6. The molecular weight excluding hydrogens is 190 g/mol. The highest BCUT2D eigenvalue weighted by molar-refractivity contribution is 5.09.